The Morgan fingerprint density at radius 2 is 2.17 bits per heavy atom. The topological polar surface area (TPSA) is 67.1 Å². The van der Waals surface area contributed by atoms with E-state index in [0.29, 0.717) is 0 Å². The first-order valence-electron chi connectivity index (χ1n) is 6.13. The van der Waals surface area contributed by atoms with E-state index >= 15 is 0 Å². The quantitative estimate of drug-likeness (QED) is 0.783. The average Bonchev–Trinajstić information content (AvgIpc) is 2.38. The number of likely N-dealkylation sites (N-methyl/N-ethyl adjacent to an activating group) is 1. The zero-order valence-electron chi connectivity index (χ0n) is 10.8. The Kier molecular flexibility index (Phi) is 3.94. The van der Waals surface area contributed by atoms with Crippen LogP contribution in [0, 0.1) is 0 Å². The summed E-state index contributed by atoms with van der Waals surface area (Å²) in [6.07, 6.45) is 1.56. The van der Waals surface area contributed by atoms with E-state index in [1.54, 1.807) is 6.33 Å². The second-order valence-electron chi connectivity index (χ2n) is 4.32. The van der Waals surface area contributed by atoms with Crippen LogP contribution in [0.5, 0.6) is 0 Å². The number of aromatic nitrogens is 2. The third-order valence-corrected chi connectivity index (χ3v) is 2.99. The molecule has 0 atom stereocenters. The smallest absolute Gasteiger partial charge is 0.137 e. The Morgan fingerprint density at radius 3 is 2.94 bits per heavy atom. The molecule has 0 fully saturated rings. The highest BCUT2D eigenvalue weighted by atomic mass is 15.1. The number of anilines is 2. The lowest BCUT2D eigenvalue weighted by molar-refractivity contribution is 0.367. The van der Waals surface area contributed by atoms with E-state index < -0.39 is 0 Å². The summed E-state index contributed by atoms with van der Waals surface area (Å²) in [6, 6.07) is 5.69. The molecule has 0 radical (unpaired) electrons. The first-order valence-corrected chi connectivity index (χ1v) is 6.13. The van der Waals surface area contributed by atoms with Gasteiger partial charge < -0.3 is 16.0 Å². The molecule has 2 rings (SSSR count). The van der Waals surface area contributed by atoms with Gasteiger partial charge in [-0.15, -0.1) is 0 Å². The molecule has 0 bridgehead atoms. The van der Waals surface area contributed by atoms with Crippen LogP contribution in [0.25, 0.3) is 10.9 Å². The van der Waals surface area contributed by atoms with Crippen LogP contribution in [-0.2, 0) is 0 Å². The van der Waals surface area contributed by atoms with E-state index in [1.807, 2.05) is 18.2 Å². The van der Waals surface area contributed by atoms with E-state index in [9.17, 15) is 0 Å². The van der Waals surface area contributed by atoms with Crippen LogP contribution in [0.2, 0.25) is 0 Å². The number of nitrogens with zero attached hydrogens (tertiary/aromatic N) is 3. The molecule has 2 aromatic rings. The van der Waals surface area contributed by atoms with Gasteiger partial charge in [-0.25, -0.2) is 9.97 Å². The van der Waals surface area contributed by atoms with E-state index in [1.165, 1.54) is 0 Å². The van der Waals surface area contributed by atoms with Gasteiger partial charge in [0.2, 0.25) is 0 Å². The standard InChI is InChI=1S/C13H19N5/c1-3-18(2)7-6-15-13-11-5-4-10(14)8-12(11)16-9-17-13/h4-5,8-9H,3,6-7,14H2,1-2H3,(H,15,16,17). The molecule has 0 aliphatic heterocycles. The number of nitrogens with one attached hydrogen (secondary N) is 1. The summed E-state index contributed by atoms with van der Waals surface area (Å²) >= 11 is 0. The number of fused-ring (bicyclic) bond motifs is 1. The molecule has 18 heavy (non-hydrogen) atoms. The first kappa shape index (κ1) is 12.6. The van der Waals surface area contributed by atoms with Crippen molar-refractivity contribution in [2.45, 2.75) is 6.92 Å². The van der Waals surface area contributed by atoms with Crippen LogP contribution in [0.1, 0.15) is 6.92 Å². The number of hydrogen-bond acceptors (Lipinski definition) is 5. The highest BCUT2D eigenvalue weighted by molar-refractivity contribution is 5.90. The normalized spacial score (nSPS) is 11.1. The summed E-state index contributed by atoms with van der Waals surface area (Å²) in [5.74, 6) is 0.865. The lowest BCUT2D eigenvalue weighted by Gasteiger charge is -2.14. The van der Waals surface area contributed by atoms with Crippen LogP contribution in [-0.4, -0.2) is 41.5 Å². The van der Waals surface area contributed by atoms with Crippen LogP contribution in [0.15, 0.2) is 24.5 Å². The van der Waals surface area contributed by atoms with Crippen LogP contribution in [0.3, 0.4) is 0 Å². The Bertz CT molecular complexity index is 526. The van der Waals surface area contributed by atoms with Gasteiger partial charge in [0.15, 0.2) is 0 Å². The monoisotopic (exact) mass is 245 g/mol. The minimum absolute atomic E-state index is 0.720. The van der Waals surface area contributed by atoms with Gasteiger partial charge >= 0.3 is 0 Å². The predicted octanol–water partition coefficient (Wildman–Crippen LogP) is 1.58. The fraction of sp³-hybridized carbons (Fsp3) is 0.385. The summed E-state index contributed by atoms with van der Waals surface area (Å²) < 4.78 is 0. The SMILES string of the molecule is CCN(C)CCNc1ncnc2cc(N)ccc12. The largest absolute Gasteiger partial charge is 0.399 e. The second-order valence-corrected chi connectivity index (χ2v) is 4.32. The van der Waals surface area contributed by atoms with Crippen molar-refractivity contribution in [2.24, 2.45) is 0 Å². The first-order chi connectivity index (χ1) is 8.70. The zero-order chi connectivity index (χ0) is 13.0. The molecule has 0 aliphatic carbocycles. The fourth-order valence-electron chi connectivity index (χ4n) is 1.74. The van der Waals surface area contributed by atoms with Gasteiger partial charge in [-0.3, -0.25) is 0 Å². The molecule has 0 unspecified atom stereocenters. The van der Waals surface area contributed by atoms with Gasteiger partial charge in [0.1, 0.15) is 12.1 Å². The highest BCUT2D eigenvalue weighted by Gasteiger charge is 2.03. The van der Waals surface area contributed by atoms with Crippen molar-refractivity contribution in [3.05, 3.63) is 24.5 Å². The van der Waals surface area contributed by atoms with Crippen molar-refractivity contribution in [3.8, 4) is 0 Å². The van der Waals surface area contributed by atoms with E-state index in [4.69, 9.17) is 5.73 Å². The average molecular weight is 245 g/mol. The maximum absolute atomic E-state index is 5.74. The molecule has 5 nitrogen and oxygen atoms in total. The Balaban J connectivity index is 2.13. The minimum Gasteiger partial charge on any atom is -0.399 e. The molecule has 0 saturated heterocycles. The second kappa shape index (κ2) is 5.64. The maximum Gasteiger partial charge on any atom is 0.137 e. The van der Waals surface area contributed by atoms with Crippen molar-refractivity contribution in [2.75, 3.05) is 37.7 Å². The summed E-state index contributed by atoms with van der Waals surface area (Å²) in [4.78, 5) is 10.7. The Labute approximate surface area is 107 Å². The highest BCUT2D eigenvalue weighted by Crippen LogP contribution is 2.20. The Hall–Kier alpha value is -1.88. The van der Waals surface area contributed by atoms with E-state index in [2.05, 4.69) is 34.2 Å². The van der Waals surface area contributed by atoms with Gasteiger partial charge in [-0.1, -0.05) is 6.92 Å². The molecular formula is C13H19N5. The lowest BCUT2D eigenvalue weighted by Crippen LogP contribution is -2.25. The molecule has 1 heterocycles. The molecule has 0 amide bonds. The van der Waals surface area contributed by atoms with Crippen molar-refractivity contribution in [3.63, 3.8) is 0 Å². The molecule has 0 aliphatic rings. The molecular weight excluding hydrogens is 226 g/mol. The summed E-state index contributed by atoms with van der Waals surface area (Å²) in [6.45, 7) is 5.03. The Morgan fingerprint density at radius 1 is 1.33 bits per heavy atom. The van der Waals surface area contributed by atoms with Gasteiger partial charge in [0, 0.05) is 24.2 Å². The summed E-state index contributed by atoms with van der Waals surface area (Å²) in [5, 5.41) is 4.34. The van der Waals surface area contributed by atoms with Crippen LogP contribution < -0.4 is 11.1 Å². The number of hydrogen-bond donors (Lipinski definition) is 2. The van der Waals surface area contributed by atoms with Crippen molar-refractivity contribution in [1.29, 1.82) is 0 Å². The van der Waals surface area contributed by atoms with Gasteiger partial charge in [0.05, 0.1) is 5.52 Å². The van der Waals surface area contributed by atoms with Crippen molar-refractivity contribution >= 4 is 22.4 Å². The minimum atomic E-state index is 0.720. The maximum atomic E-state index is 5.74. The third kappa shape index (κ3) is 2.87. The molecule has 1 aromatic heterocycles. The molecule has 0 saturated carbocycles. The number of rotatable bonds is 5. The van der Waals surface area contributed by atoms with Crippen molar-refractivity contribution < 1.29 is 0 Å². The number of nitrogen functional groups attached to an aromatic ring is 1. The van der Waals surface area contributed by atoms with Crippen LogP contribution in [0.4, 0.5) is 11.5 Å². The zero-order valence-corrected chi connectivity index (χ0v) is 10.8. The van der Waals surface area contributed by atoms with Gasteiger partial charge in [0.25, 0.3) is 0 Å². The molecule has 0 spiro atoms. The van der Waals surface area contributed by atoms with Gasteiger partial charge in [-0.05, 0) is 31.8 Å². The molecule has 96 valence electrons. The fourth-order valence-corrected chi connectivity index (χ4v) is 1.74. The van der Waals surface area contributed by atoms with Gasteiger partial charge in [-0.2, -0.15) is 0 Å². The predicted molar refractivity (Wildman–Crippen MR) is 75.6 cm³/mol. The van der Waals surface area contributed by atoms with E-state index in [0.717, 1.165) is 42.0 Å². The lowest BCUT2D eigenvalue weighted by atomic mass is 10.2. The number of benzene rings is 1. The van der Waals surface area contributed by atoms with E-state index in [-0.39, 0.29) is 0 Å². The summed E-state index contributed by atoms with van der Waals surface area (Å²) in [7, 11) is 2.10. The molecule has 1 aromatic carbocycles. The summed E-state index contributed by atoms with van der Waals surface area (Å²) in [5.41, 5.74) is 7.34. The van der Waals surface area contributed by atoms with Crippen molar-refractivity contribution in [1.82, 2.24) is 14.9 Å². The molecule has 5 heteroatoms. The number of nitrogens with two attached hydrogens (primary N) is 1. The third-order valence-electron chi connectivity index (χ3n) is 2.99. The van der Waals surface area contributed by atoms with Crippen LogP contribution >= 0.6 is 0 Å². The molecule has 3 N–H and O–H groups in total.